The largest absolute Gasteiger partial charge is 0.508 e. The minimum atomic E-state index is -4.85. The highest BCUT2D eigenvalue weighted by molar-refractivity contribution is 6.00. The topological polar surface area (TPSA) is 610 Å². The smallest absolute Gasteiger partial charge is 0.416 e. The molecule has 0 aliphatic rings. The number of aliphatic imine (C=N–C) groups is 1. The van der Waals surface area contributed by atoms with Crippen molar-refractivity contribution in [2.75, 3.05) is 13.1 Å². The van der Waals surface area contributed by atoms with Gasteiger partial charge in [-0.15, -0.1) is 0 Å². The summed E-state index contributed by atoms with van der Waals surface area (Å²) in [6.07, 6.45) is -8.25. The van der Waals surface area contributed by atoms with Crippen molar-refractivity contribution >= 4 is 99.7 Å². The van der Waals surface area contributed by atoms with E-state index in [1.165, 1.54) is 38.1 Å². The number of nitrogens with two attached hydrogens (primary N) is 5. The van der Waals surface area contributed by atoms with Gasteiger partial charge in [-0.05, 0) is 138 Å². The molecule has 1 aromatic heterocycles. The summed E-state index contributed by atoms with van der Waals surface area (Å²) in [6, 6.07) is -3.82. The summed E-state index contributed by atoms with van der Waals surface area (Å²) >= 11 is 0. The number of rotatable bonds is 47. The normalized spacial score (nSPS) is 14.9. The lowest BCUT2D eigenvalue weighted by Gasteiger charge is -2.29. The van der Waals surface area contributed by atoms with Crippen LogP contribution in [0, 0.1) is 11.8 Å². The Morgan fingerprint density at radius 3 is 1.37 bits per heavy atom. The number of para-hydroxylation sites is 1. The number of fused-ring (bicyclic) bond motifs is 1. The molecule has 4 rings (SSSR count). The summed E-state index contributed by atoms with van der Waals surface area (Å²) in [6.45, 7) is 10.7. The van der Waals surface area contributed by atoms with Gasteiger partial charge in [0.25, 0.3) is 0 Å². The summed E-state index contributed by atoms with van der Waals surface area (Å²) in [4.78, 5) is 200. The van der Waals surface area contributed by atoms with E-state index in [4.69, 9.17) is 28.7 Å². The first-order valence-corrected chi connectivity index (χ1v) is 36.3. The second kappa shape index (κ2) is 45.0. The molecule has 0 radical (unpaired) electrons. The molecule has 13 atom stereocenters. The van der Waals surface area contributed by atoms with E-state index in [0.29, 0.717) is 34.2 Å². The fourth-order valence-corrected chi connectivity index (χ4v) is 11.4. The van der Waals surface area contributed by atoms with Gasteiger partial charge in [-0.3, -0.25) is 67.3 Å². The summed E-state index contributed by atoms with van der Waals surface area (Å²) in [5.41, 5.74) is 28.2. The number of nitrogens with zero attached hydrogens (tertiary/aromatic N) is 1. The van der Waals surface area contributed by atoms with E-state index in [1.54, 1.807) is 58.2 Å². The summed E-state index contributed by atoms with van der Waals surface area (Å²) in [5, 5.41) is 67.5. The Morgan fingerprint density at radius 1 is 0.482 bits per heavy atom. The molecule has 26 N–H and O–H groups in total. The molecule has 0 aliphatic carbocycles. The molecule has 39 heteroatoms. The highest BCUT2D eigenvalue weighted by Crippen LogP contribution is 2.29. The average molecular weight is 1580 g/mol. The molecule has 0 spiro atoms. The third-order valence-corrected chi connectivity index (χ3v) is 17.6. The average Bonchev–Trinajstić information content (AvgIpc) is 1.63. The van der Waals surface area contributed by atoms with Crippen LogP contribution in [0.3, 0.4) is 0 Å². The number of aliphatic hydroxyl groups excluding tert-OH is 1. The third-order valence-electron chi connectivity index (χ3n) is 17.6. The first-order chi connectivity index (χ1) is 52.6. The maximum atomic E-state index is 14.8. The zero-order valence-corrected chi connectivity index (χ0v) is 63.2. The van der Waals surface area contributed by atoms with E-state index < -0.39 is 199 Å². The number of carboxylic acid groups (broad SMARTS) is 2. The van der Waals surface area contributed by atoms with Crippen molar-refractivity contribution < 1.29 is 101 Å². The number of aliphatic carboxylic acids is 2. The Labute approximate surface area is 643 Å². The van der Waals surface area contributed by atoms with Crippen LogP contribution in [-0.4, -0.2) is 206 Å². The van der Waals surface area contributed by atoms with Crippen LogP contribution in [0.2, 0.25) is 0 Å². The Morgan fingerprint density at radius 2 is 0.893 bits per heavy atom. The number of nitrogens with one attached hydrogen (secondary N) is 12. The Bertz CT molecular complexity index is 3930. The molecule has 4 aromatic rings. The fraction of sp³-hybridized carbons (Fsp3) is 0.521. The van der Waals surface area contributed by atoms with E-state index >= 15 is 0 Å². The fourth-order valence-electron chi connectivity index (χ4n) is 11.4. The number of carbonyl (C=O) groups is 14. The summed E-state index contributed by atoms with van der Waals surface area (Å²) < 4.78 is 41.6. The molecule has 616 valence electrons. The molecule has 0 aliphatic heterocycles. The van der Waals surface area contributed by atoms with Crippen LogP contribution in [0.4, 0.5) is 13.2 Å². The van der Waals surface area contributed by atoms with E-state index in [1.807, 2.05) is 0 Å². The van der Waals surface area contributed by atoms with Crippen molar-refractivity contribution in [3.05, 3.63) is 101 Å². The van der Waals surface area contributed by atoms with Gasteiger partial charge in [0.15, 0.2) is 5.96 Å². The molecule has 0 bridgehead atoms. The van der Waals surface area contributed by atoms with E-state index in [9.17, 15) is 101 Å². The zero-order chi connectivity index (χ0) is 83.9. The first-order valence-electron chi connectivity index (χ1n) is 36.3. The molecule has 0 saturated heterocycles. The number of amides is 12. The number of guanidine groups is 1. The van der Waals surface area contributed by atoms with Crippen molar-refractivity contribution in [1.82, 2.24) is 63.5 Å². The minimum absolute atomic E-state index is 0.00139. The molecule has 12 amide bonds. The van der Waals surface area contributed by atoms with Gasteiger partial charge in [0.1, 0.15) is 78.3 Å². The monoisotopic (exact) mass is 1580 g/mol. The maximum Gasteiger partial charge on any atom is 0.416 e. The molecule has 0 saturated carbocycles. The predicted octanol–water partition coefficient (Wildman–Crippen LogP) is -1.90. The number of hydrogen-bond acceptors (Lipinski definition) is 19. The van der Waals surface area contributed by atoms with Crippen LogP contribution in [0.25, 0.3) is 10.9 Å². The molecule has 0 unspecified atom stereocenters. The molecule has 36 nitrogen and oxygen atoms in total. The Hall–Kier alpha value is -11.5. The van der Waals surface area contributed by atoms with Gasteiger partial charge >= 0.3 is 18.1 Å². The predicted molar refractivity (Wildman–Crippen MR) is 401 cm³/mol. The van der Waals surface area contributed by atoms with Gasteiger partial charge < -0.3 is 113 Å². The number of benzene rings is 3. The lowest BCUT2D eigenvalue weighted by Crippen LogP contribution is -2.61. The van der Waals surface area contributed by atoms with Gasteiger partial charge in [-0.25, -0.2) is 4.79 Å². The number of phenolic OH excluding ortho intramolecular Hbond substituents is 1. The second-order valence-corrected chi connectivity index (χ2v) is 28.0. The van der Waals surface area contributed by atoms with E-state index in [-0.39, 0.29) is 100.0 Å². The van der Waals surface area contributed by atoms with Crippen molar-refractivity contribution in [2.45, 2.75) is 217 Å². The van der Waals surface area contributed by atoms with Crippen molar-refractivity contribution in [3.8, 4) is 5.75 Å². The number of unbranched alkanes of at least 4 members (excludes halogenated alkanes) is 1. The SMILES string of the molecule is CC(C)C[C@H](NC(=O)[C@H](CC(C)C)NC(=O)[C@H](CCCCN)NC(=O)[C@H](CCC(=O)O)NC(=O)[C@H](Cc1ccc(C(F)(F)F)cc1)NC(=O)[C@H](CC(N)=O)NC(=O)[C@H](C)NC(=O)[C@H](Cc1ccc(O)cc1)NC(=O)[C@H](Cc1c[nH]c2ccccc12)NC(=O)[C@H](C)NC(=O)[C@@H](N)[C@@H](C)O)C(=O)N[C@@H](CCCN=C(N)N)C(=O)O. The number of hydrogen-bond donors (Lipinski definition) is 21. The standard InChI is InChI=1S/C73H105F3N18O18/c1-36(2)29-51(65(105)88-50(71(111)112)16-12-28-82-72(80)81)92-66(106)52(30-37(3)4)91-62(102)48(15-10-11-27-77)86-63(103)49(25-26-58(98)99)87-67(107)54(31-41-17-21-44(22-18-41)73(74,75)76)94-69(109)56(34-57(78)97)90-60(100)38(5)84-64(104)53(32-42-19-23-45(96)24-20-42)93-68(108)55(33-43-35-83-47-14-9-8-13-46(43)47)89-61(101)39(6)85-70(110)59(79)40(7)95/h8-9,13-14,17-24,35-40,48-56,59,83,95-96H,10-12,15-16,25-34,77,79H2,1-7H3,(H2,78,97)(H,84,104)(H,85,110)(H,86,103)(H,87,107)(H,88,105)(H,89,101)(H,90,100)(H,91,102)(H,92,106)(H,93,108)(H,94,109)(H,98,99)(H,111,112)(H4,80,81,82)/t38-,39-,40+,48-,49-,50-,51-,52-,53-,54-,55-,56-,59-/m0/s1. The van der Waals surface area contributed by atoms with Crippen LogP contribution in [-0.2, 0) is 92.6 Å². The van der Waals surface area contributed by atoms with Gasteiger partial charge in [-0.2, -0.15) is 13.2 Å². The van der Waals surface area contributed by atoms with Crippen LogP contribution < -0.4 is 87.2 Å². The number of phenols is 1. The van der Waals surface area contributed by atoms with Crippen LogP contribution in [0.1, 0.15) is 135 Å². The van der Waals surface area contributed by atoms with Gasteiger partial charge in [0.05, 0.1) is 18.1 Å². The number of aromatic hydroxyl groups is 1. The molecule has 0 fully saturated rings. The van der Waals surface area contributed by atoms with E-state index in [2.05, 4.69) is 68.5 Å². The molecular formula is C73H105F3N18O18. The molecule has 3 aromatic carbocycles. The van der Waals surface area contributed by atoms with Crippen LogP contribution in [0.15, 0.2) is 84.0 Å². The van der Waals surface area contributed by atoms with Crippen molar-refractivity contribution in [2.24, 2.45) is 45.5 Å². The number of carbonyl (C=O) groups excluding carboxylic acids is 12. The van der Waals surface area contributed by atoms with Crippen molar-refractivity contribution in [3.63, 3.8) is 0 Å². The van der Waals surface area contributed by atoms with Crippen LogP contribution in [0.5, 0.6) is 5.75 Å². The number of aromatic nitrogens is 1. The zero-order valence-electron chi connectivity index (χ0n) is 63.2. The number of H-pyrrole nitrogens is 1. The molecule has 112 heavy (non-hydrogen) atoms. The molecule has 1 heterocycles. The summed E-state index contributed by atoms with van der Waals surface area (Å²) in [5.74, 6) is -16.8. The number of primary amides is 1. The third kappa shape index (κ3) is 31.8. The van der Waals surface area contributed by atoms with Gasteiger partial charge in [0.2, 0.25) is 70.9 Å². The Kier molecular flexibility index (Phi) is 37.3. The highest BCUT2D eigenvalue weighted by Gasteiger charge is 2.38. The van der Waals surface area contributed by atoms with Gasteiger partial charge in [0, 0.05) is 49.3 Å². The van der Waals surface area contributed by atoms with Gasteiger partial charge in [-0.1, -0.05) is 70.2 Å². The quantitative estimate of drug-likeness (QED) is 0.0130. The maximum absolute atomic E-state index is 14.8. The highest BCUT2D eigenvalue weighted by atomic mass is 19.4. The number of aromatic amines is 1. The lowest BCUT2D eigenvalue weighted by atomic mass is 9.99. The summed E-state index contributed by atoms with van der Waals surface area (Å²) in [7, 11) is 0. The minimum Gasteiger partial charge on any atom is -0.508 e. The number of carboxylic acids is 2. The number of halogens is 3. The number of aliphatic hydroxyl groups is 1. The Balaban J connectivity index is 1.67. The second-order valence-electron chi connectivity index (χ2n) is 28.0. The molecular weight excluding hydrogens is 1470 g/mol. The van der Waals surface area contributed by atoms with E-state index in [0.717, 1.165) is 19.1 Å². The number of alkyl halides is 3. The van der Waals surface area contributed by atoms with Crippen molar-refractivity contribution in [1.29, 1.82) is 0 Å². The lowest BCUT2D eigenvalue weighted by molar-refractivity contribution is -0.142. The van der Waals surface area contributed by atoms with Crippen LogP contribution >= 0.6 is 0 Å². The first kappa shape index (κ1) is 92.9.